The fourth-order valence-corrected chi connectivity index (χ4v) is 11.2. The second-order valence-corrected chi connectivity index (χ2v) is 15.8. The van der Waals surface area contributed by atoms with Crippen molar-refractivity contribution >= 4 is 26.5 Å². The smallest absolute Gasteiger partial charge is 0.162 e. The van der Waals surface area contributed by atoms with Crippen LogP contribution in [-0.4, -0.2) is 36.2 Å². The Balaban J connectivity index is 1.85. The lowest BCUT2D eigenvalue weighted by atomic mass is 10.2. The molecular weight excluding hydrogens is 414 g/mol. The van der Waals surface area contributed by atoms with Crippen molar-refractivity contribution in [1.82, 2.24) is 0 Å². The minimum atomic E-state index is -0.690. The Kier molecular flexibility index (Phi) is 5.48. The molecule has 0 saturated carbocycles. The summed E-state index contributed by atoms with van der Waals surface area (Å²) in [4.78, 5) is 0. The molecule has 4 rings (SSSR count). The quantitative estimate of drug-likeness (QED) is 0.571. The van der Waals surface area contributed by atoms with Crippen molar-refractivity contribution in [3.8, 4) is 23.0 Å². The zero-order chi connectivity index (χ0) is 21.8. The van der Waals surface area contributed by atoms with Gasteiger partial charge in [0.25, 0.3) is 0 Å². The Morgan fingerprint density at radius 3 is 1.33 bits per heavy atom. The number of hydrogen-bond acceptors (Lipinski definition) is 4. The summed E-state index contributed by atoms with van der Waals surface area (Å²) in [5.41, 5.74) is 0. The van der Waals surface area contributed by atoms with Crippen LogP contribution in [-0.2, 0) is 0 Å². The summed E-state index contributed by atoms with van der Waals surface area (Å²) in [6.07, 6.45) is 0. The van der Waals surface area contributed by atoms with E-state index >= 15 is 0 Å². The van der Waals surface area contributed by atoms with E-state index in [1.165, 1.54) is 10.6 Å². The van der Waals surface area contributed by atoms with Gasteiger partial charge in [0.15, 0.2) is 11.7 Å². The molecule has 0 aliphatic carbocycles. The van der Waals surface area contributed by atoms with Gasteiger partial charge in [-0.1, -0.05) is 53.7 Å². The van der Waals surface area contributed by atoms with Gasteiger partial charge in [0.05, 0.1) is 24.8 Å². The predicted molar refractivity (Wildman–Crippen MR) is 127 cm³/mol. The topological polar surface area (TPSA) is 36.9 Å². The van der Waals surface area contributed by atoms with Gasteiger partial charge in [-0.05, 0) is 50.4 Å². The third-order valence-electron chi connectivity index (χ3n) is 5.54. The van der Waals surface area contributed by atoms with Crippen LogP contribution in [0, 0.1) is 0 Å². The van der Waals surface area contributed by atoms with E-state index < -0.39 is 15.8 Å². The van der Waals surface area contributed by atoms with E-state index in [1.54, 1.807) is 14.2 Å². The first-order chi connectivity index (χ1) is 14.1. The fraction of sp³-hybridized carbons (Fsp3) is 0.500. The SMILES string of the molecule is COc1cccc2c1[P@@](C(C)(C)C)[C@@H]([C@@H]1Oc3cccc(OC)c3[P@]1C(C)(C)C)O2. The van der Waals surface area contributed by atoms with Crippen LogP contribution in [0.5, 0.6) is 23.0 Å². The van der Waals surface area contributed by atoms with Crippen LogP contribution in [0.15, 0.2) is 36.4 Å². The first-order valence-electron chi connectivity index (χ1n) is 10.3. The molecule has 2 aromatic carbocycles. The molecule has 0 amide bonds. The van der Waals surface area contributed by atoms with Crippen molar-refractivity contribution in [3.05, 3.63) is 36.4 Å². The van der Waals surface area contributed by atoms with Crippen LogP contribution in [0.4, 0.5) is 0 Å². The van der Waals surface area contributed by atoms with Gasteiger partial charge in [-0.3, -0.25) is 0 Å². The highest BCUT2D eigenvalue weighted by atomic mass is 31.1. The van der Waals surface area contributed by atoms with Gasteiger partial charge in [0.1, 0.15) is 23.0 Å². The molecule has 4 atom stereocenters. The second-order valence-electron chi connectivity index (χ2n) is 9.71. The van der Waals surface area contributed by atoms with E-state index in [0.29, 0.717) is 0 Å². The van der Waals surface area contributed by atoms with E-state index in [4.69, 9.17) is 18.9 Å². The van der Waals surface area contributed by atoms with E-state index in [1.807, 2.05) is 24.3 Å². The van der Waals surface area contributed by atoms with Crippen LogP contribution in [0.2, 0.25) is 0 Å². The van der Waals surface area contributed by atoms with E-state index in [9.17, 15) is 0 Å². The molecule has 0 unspecified atom stereocenters. The molecule has 162 valence electrons. The number of hydrogen-bond donors (Lipinski definition) is 0. The molecule has 0 spiro atoms. The molecule has 30 heavy (non-hydrogen) atoms. The minimum Gasteiger partial charge on any atom is -0.496 e. The number of benzene rings is 2. The van der Waals surface area contributed by atoms with Gasteiger partial charge in [-0.25, -0.2) is 0 Å². The Morgan fingerprint density at radius 2 is 1.03 bits per heavy atom. The Labute approximate surface area is 182 Å². The molecule has 0 fully saturated rings. The monoisotopic (exact) mass is 446 g/mol. The Hall–Kier alpha value is -1.50. The van der Waals surface area contributed by atoms with E-state index in [2.05, 4.69) is 53.7 Å². The average Bonchev–Trinajstić information content (AvgIpc) is 3.25. The second kappa shape index (κ2) is 7.57. The summed E-state index contributed by atoms with van der Waals surface area (Å²) in [6.45, 7) is 13.8. The highest BCUT2D eigenvalue weighted by Gasteiger charge is 2.55. The molecule has 2 aliphatic rings. The number of fused-ring (bicyclic) bond motifs is 2. The predicted octanol–water partition coefficient (Wildman–Crippen LogP) is 5.65. The average molecular weight is 446 g/mol. The molecule has 6 heteroatoms. The maximum Gasteiger partial charge on any atom is 0.162 e. The largest absolute Gasteiger partial charge is 0.496 e. The maximum atomic E-state index is 6.70. The number of methoxy groups -OCH3 is 2. The van der Waals surface area contributed by atoms with Gasteiger partial charge in [0, 0.05) is 0 Å². The molecule has 0 saturated heterocycles. The Morgan fingerprint density at radius 1 is 0.667 bits per heavy atom. The molecule has 2 aromatic rings. The third-order valence-corrected chi connectivity index (χ3v) is 12.3. The fourth-order valence-electron chi connectivity index (χ4n) is 4.42. The van der Waals surface area contributed by atoms with Gasteiger partial charge in [-0.2, -0.15) is 0 Å². The standard InChI is InChI=1S/C24H32O4P2/c1-23(2,3)29-19-15(25-7)11-9-13-17(19)27-21(29)22-28-18-14-10-12-16(26-8)20(18)30(22)24(4,5)6/h9-14,21-22H,1-8H3/t21-,22+,29+,30-. The zero-order valence-electron chi connectivity index (χ0n) is 19.1. The molecule has 0 N–H and O–H groups in total. The van der Waals surface area contributed by atoms with Crippen molar-refractivity contribution in [2.45, 2.75) is 63.5 Å². The first-order valence-corrected chi connectivity index (χ1v) is 13.2. The maximum absolute atomic E-state index is 6.70. The summed E-state index contributed by atoms with van der Waals surface area (Å²) in [6, 6.07) is 12.3. The molecule has 2 heterocycles. The lowest BCUT2D eigenvalue weighted by molar-refractivity contribution is 0.171. The molecular formula is C24H32O4P2. The van der Waals surface area contributed by atoms with Gasteiger partial charge in [0.2, 0.25) is 0 Å². The van der Waals surface area contributed by atoms with E-state index in [-0.39, 0.29) is 22.0 Å². The molecule has 0 bridgehead atoms. The highest BCUT2D eigenvalue weighted by molar-refractivity contribution is 7.72. The van der Waals surface area contributed by atoms with Crippen molar-refractivity contribution in [3.63, 3.8) is 0 Å². The van der Waals surface area contributed by atoms with Gasteiger partial charge < -0.3 is 18.9 Å². The molecule has 2 aliphatic heterocycles. The highest BCUT2D eigenvalue weighted by Crippen LogP contribution is 2.69. The lowest BCUT2D eigenvalue weighted by Gasteiger charge is -2.39. The van der Waals surface area contributed by atoms with Gasteiger partial charge >= 0.3 is 0 Å². The van der Waals surface area contributed by atoms with Crippen molar-refractivity contribution in [2.24, 2.45) is 0 Å². The van der Waals surface area contributed by atoms with Crippen LogP contribution in [0.1, 0.15) is 41.5 Å². The van der Waals surface area contributed by atoms with Crippen molar-refractivity contribution in [1.29, 1.82) is 0 Å². The molecule has 0 aromatic heterocycles. The minimum absolute atomic E-state index is 0.0336. The Bertz CT molecular complexity index is 868. The first kappa shape index (κ1) is 21.7. The zero-order valence-corrected chi connectivity index (χ0v) is 20.9. The lowest BCUT2D eigenvalue weighted by Crippen LogP contribution is -2.38. The van der Waals surface area contributed by atoms with Crippen molar-refractivity contribution in [2.75, 3.05) is 14.2 Å². The number of rotatable bonds is 3. The van der Waals surface area contributed by atoms with Crippen LogP contribution in [0.3, 0.4) is 0 Å². The van der Waals surface area contributed by atoms with E-state index in [0.717, 1.165) is 23.0 Å². The summed E-state index contributed by atoms with van der Waals surface area (Å²) < 4.78 is 24.9. The van der Waals surface area contributed by atoms with Crippen LogP contribution < -0.4 is 29.6 Å². The summed E-state index contributed by atoms with van der Waals surface area (Å²) in [5.74, 6) is 3.66. The molecule has 0 radical (unpaired) electrons. The van der Waals surface area contributed by atoms with Gasteiger partial charge in [-0.15, -0.1) is 0 Å². The van der Waals surface area contributed by atoms with Crippen LogP contribution in [0.25, 0.3) is 0 Å². The summed E-state index contributed by atoms with van der Waals surface area (Å²) in [7, 11) is 2.11. The third kappa shape index (κ3) is 3.47. The summed E-state index contributed by atoms with van der Waals surface area (Å²) in [5, 5.41) is 2.54. The summed E-state index contributed by atoms with van der Waals surface area (Å²) >= 11 is 0. The van der Waals surface area contributed by atoms with Crippen LogP contribution >= 0.6 is 15.8 Å². The molecule has 4 nitrogen and oxygen atoms in total. The normalized spacial score (nSPS) is 25.2. The number of ether oxygens (including phenoxy) is 4. The van der Waals surface area contributed by atoms with Crippen molar-refractivity contribution < 1.29 is 18.9 Å².